The summed E-state index contributed by atoms with van der Waals surface area (Å²) >= 11 is 0. The van der Waals surface area contributed by atoms with Gasteiger partial charge in [0.05, 0.1) is 11.4 Å². The summed E-state index contributed by atoms with van der Waals surface area (Å²) in [6, 6.07) is 3.73. The van der Waals surface area contributed by atoms with Crippen molar-refractivity contribution in [1.82, 2.24) is 14.9 Å². The smallest absolute Gasteiger partial charge is 0.150 e. The first-order chi connectivity index (χ1) is 10.1. The molecule has 0 bridgehead atoms. The number of rotatable bonds is 3. The molecule has 21 heavy (non-hydrogen) atoms. The molecule has 3 rings (SSSR count). The van der Waals surface area contributed by atoms with Crippen LogP contribution in [0, 0.1) is 17.6 Å². The Bertz CT molecular complexity index is 662. The molecule has 0 aliphatic carbocycles. The summed E-state index contributed by atoms with van der Waals surface area (Å²) in [6.45, 7) is 5.77. The van der Waals surface area contributed by atoms with Gasteiger partial charge in [0, 0.05) is 37.7 Å². The third-order valence-electron chi connectivity index (χ3n) is 3.70. The number of nitrogens with one attached hydrogen (secondary N) is 1. The molecule has 0 saturated heterocycles. The van der Waals surface area contributed by atoms with Crippen LogP contribution in [0.1, 0.15) is 31.1 Å². The summed E-state index contributed by atoms with van der Waals surface area (Å²) < 4.78 is 29.2. The predicted molar refractivity (Wildman–Crippen MR) is 77.4 cm³/mol. The van der Waals surface area contributed by atoms with Gasteiger partial charge in [0.1, 0.15) is 17.5 Å². The van der Waals surface area contributed by atoms with Gasteiger partial charge in [-0.3, -0.25) is 4.57 Å². The molecule has 0 saturated carbocycles. The molecular formula is C16H19F2N3. The number of halogens is 2. The van der Waals surface area contributed by atoms with E-state index in [1.807, 2.05) is 4.57 Å². The number of hydrogen-bond acceptors (Lipinski definition) is 2. The number of aromatic nitrogens is 2. The zero-order chi connectivity index (χ0) is 15.0. The summed E-state index contributed by atoms with van der Waals surface area (Å²) in [5.41, 5.74) is 2.40. The van der Waals surface area contributed by atoms with E-state index in [1.54, 1.807) is 0 Å². The van der Waals surface area contributed by atoms with Crippen LogP contribution in [0.25, 0.3) is 5.69 Å². The van der Waals surface area contributed by atoms with Gasteiger partial charge in [0.15, 0.2) is 0 Å². The molecule has 0 fully saturated rings. The first-order valence-corrected chi connectivity index (χ1v) is 7.31. The molecule has 0 unspecified atom stereocenters. The molecule has 112 valence electrons. The van der Waals surface area contributed by atoms with Crippen LogP contribution in [0.5, 0.6) is 0 Å². The highest BCUT2D eigenvalue weighted by Gasteiger charge is 2.22. The fourth-order valence-electron chi connectivity index (χ4n) is 2.82. The average molecular weight is 291 g/mol. The fourth-order valence-corrected chi connectivity index (χ4v) is 2.82. The van der Waals surface area contributed by atoms with Crippen molar-refractivity contribution in [2.75, 3.05) is 6.54 Å². The lowest BCUT2D eigenvalue weighted by molar-refractivity contribution is 0.564. The largest absolute Gasteiger partial charge is 0.311 e. The summed E-state index contributed by atoms with van der Waals surface area (Å²) in [6.07, 6.45) is 1.57. The van der Waals surface area contributed by atoms with Gasteiger partial charge in [-0.1, -0.05) is 13.8 Å². The van der Waals surface area contributed by atoms with Crippen molar-refractivity contribution in [2.24, 2.45) is 5.92 Å². The Morgan fingerprint density at radius 3 is 2.86 bits per heavy atom. The summed E-state index contributed by atoms with van der Waals surface area (Å²) in [5, 5.41) is 3.28. The van der Waals surface area contributed by atoms with Crippen molar-refractivity contribution in [3.8, 4) is 5.69 Å². The standard InChI is InChI=1S/C16H19F2N3/c1-10(2)7-16-20-13-9-19-6-5-15(13)21(16)14-4-3-11(17)8-12(14)18/h3-4,8,10,19H,5-7,9H2,1-2H3. The molecule has 0 radical (unpaired) electrons. The molecule has 3 nitrogen and oxygen atoms in total. The molecule has 1 aromatic carbocycles. The Morgan fingerprint density at radius 1 is 1.33 bits per heavy atom. The molecule has 0 atom stereocenters. The fraction of sp³-hybridized carbons (Fsp3) is 0.438. The molecule has 0 spiro atoms. The Morgan fingerprint density at radius 2 is 2.14 bits per heavy atom. The Balaban J connectivity index is 2.16. The van der Waals surface area contributed by atoms with Crippen LogP contribution in [-0.4, -0.2) is 16.1 Å². The second-order valence-corrected chi connectivity index (χ2v) is 5.88. The van der Waals surface area contributed by atoms with E-state index in [9.17, 15) is 8.78 Å². The first kappa shape index (κ1) is 14.2. The second kappa shape index (κ2) is 5.56. The highest BCUT2D eigenvalue weighted by atomic mass is 19.1. The quantitative estimate of drug-likeness (QED) is 0.942. The Kier molecular flexibility index (Phi) is 3.76. The summed E-state index contributed by atoms with van der Waals surface area (Å²) in [5.74, 6) is 0.171. The van der Waals surface area contributed by atoms with Gasteiger partial charge in [0.25, 0.3) is 0 Å². The van der Waals surface area contributed by atoms with E-state index in [-0.39, 0.29) is 0 Å². The zero-order valence-corrected chi connectivity index (χ0v) is 12.3. The van der Waals surface area contributed by atoms with Crippen LogP contribution in [-0.2, 0) is 19.4 Å². The van der Waals surface area contributed by atoms with Gasteiger partial charge in [0.2, 0.25) is 0 Å². The SMILES string of the molecule is CC(C)Cc1nc2c(n1-c1ccc(F)cc1F)CCNC2. The molecule has 0 amide bonds. The van der Waals surface area contributed by atoms with Gasteiger partial charge in [-0.15, -0.1) is 0 Å². The van der Waals surface area contributed by atoms with E-state index in [0.29, 0.717) is 18.2 Å². The molecule has 5 heteroatoms. The minimum absolute atomic E-state index is 0.391. The molecule has 1 aliphatic rings. The van der Waals surface area contributed by atoms with Crippen molar-refractivity contribution >= 4 is 0 Å². The van der Waals surface area contributed by atoms with E-state index < -0.39 is 11.6 Å². The lowest BCUT2D eigenvalue weighted by Gasteiger charge is -2.17. The van der Waals surface area contributed by atoms with E-state index in [2.05, 4.69) is 24.1 Å². The third-order valence-corrected chi connectivity index (χ3v) is 3.70. The van der Waals surface area contributed by atoms with Gasteiger partial charge in [-0.05, 0) is 18.1 Å². The van der Waals surface area contributed by atoms with Crippen LogP contribution in [0.3, 0.4) is 0 Å². The molecule has 1 N–H and O–H groups in total. The van der Waals surface area contributed by atoms with Crippen LogP contribution >= 0.6 is 0 Å². The maximum absolute atomic E-state index is 14.2. The summed E-state index contributed by atoms with van der Waals surface area (Å²) in [4.78, 5) is 4.67. The first-order valence-electron chi connectivity index (χ1n) is 7.31. The van der Waals surface area contributed by atoms with Crippen molar-refractivity contribution < 1.29 is 8.78 Å². The predicted octanol–water partition coefficient (Wildman–Crippen LogP) is 2.99. The highest BCUT2D eigenvalue weighted by molar-refractivity contribution is 5.40. The van der Waals surface area contributed by atoms with Crippen molar-refractivity contribution in [3.63, 3.8) is 0 Å². The van der Waals surface area contributed by atoms with Crippen LogP contribution in [0.15, 0.2) is 18.2 Å². The molecule has 2 aromatic rings. The minimum atomic E-state index is -0.558. The average Bonchev–Trinajstić information content (AvgIpc) is 2.76. The molecular weight excluding hydrogens is 272 g/mol. The van der Waals surface area contributed by atoms with E-state index in [4.69, 9.17) is 0 Å². The van der Waals surface area contributed by atoms with Gasteiger partial charge in [-0.25, -0.2) is 13.8 Å². The van der Waals surface area contributed by atoms with Gasteiger partial charge >= 0.3 is 0 Å². The molecule has 2 heterocycles. The van der Waals surface area contributed by atoms with E-state index >= 15 is 0 Å². The Labute approximate surface area is 123 Å². The van der Waals surface area contributed by atoms with Crippen LogP contribution < -0.4 is 5.32 Å². The minimum Gasteiger partial charge on any atom is -0.311 e. The van der Waals surface area contributed by atoms with Gasteiger partial charge < -0.3 is 5.32 Å². The second-order valence-electron chi connectivity index (χ2n) is 5.88. The van der Waals surface area contributed by atoms with E-state index in [1.165, 1.54) is 12.1 Å². The van der Waals surface area contributed by atoms with Crippen LogP contribution in [0.4, 0.5) is 8.78 Å². The lowest BCUT2D eigenvalue weighted by Crippen LogP contribution is -2.25. The monoisotopic (exact) mass is 291 g/mol. The van der Waals surface area contributed by atoms with Crippen molar-refractivity contribution in [1.29, 1.82) is 0 Å². The Hall–Kier alpha value is -1.75. The normalized spacial score (nSPS) is 14.5. The maximum Gasteiger partial charge on any atom is 0.150 e. The molecule has 1 aromatic heterocycles. The number of nitrogens with zero attached hydrogens (tertiary/aromatic N) is 2. The van der Waals surface area contributed by atoms with Gasteiger partial charge in [-0.2, -0.15) is 0 Å². The third kappa shape index (κ3) is 2.70. The van der Waals surface area contributed by atoms with Crippen LogP contribution in [0.2, 0.25) is 0 Å². The maximum atomic E-state index is 14.2. The lowest BCUT2D eigenvalue weighted by atomic mass is 10.1. The number of fused-ring (bicyclic) bond motifs is 1. The summed E-state index contributed by atoms with van der Waals surface area (Å²) in [7, 11) is 0. The van der Waals surface area contributed by atoms with Crippen molar-refractivity contribution in [3.05, 3.63) is 47.0 Å². The number of benzene rings is 1. The topological polar surface area (TPSA) is 29.9 Å². The van der Waals surface area contributed by atoms with Crippen molar-refractivity contribution in [2.45, 2.75) is 33.2 Å². The zero-order valence-electron chi connectivity index (χ0n) is 12.3. The number of imidazole rings is 1. The van der Waals surface area contributed by atoms with E-state index in [0.717, 1.165) is 42.7 Å². The molecule has 1 aliphatic heterocycles. The number of hydrogen-bond donors (Lipinski definition) is 1. The highest BCUT2D eigenvalue weighted by Crippen LogP contribution is 2.25.